The van der Waals surface area contributed by atoms with E-state index < -0.39 is 16.1 Å². The van der Waals surface area contributed by atoms with Crippen LogP contribution in [0.15, 0.2) is 65.1 Å². The highest BCUT2D eigenvalue weighted by Crippen LogP contribution is 2.42. The summed E-state index contributed by atoms with van der Waals surface area (Å²) >= 11 is 1.36. The maximum Gasteiger partial charge on any atom is 0.284 e. The smallest absolute Gasteiger partial charge is 0.284 e. The summed E-state index contributed by atoms with van der Waals surface area (Å²) in [7, 11) is -0.236. The Balaban J connectivity index is 1.72. The van der Waals surface area contributed by atoms with E-state index in [0.29, 0.717) is 34.2 Å². The van der Waals surface area contributed by atoms with Gasteiger partial charge in [0.25, 0.3) is 5.91 Å². The number of anilines is 1. The minimum absolute atomic E-state index is 0.203. The summed E-state index contributed by atoms with van der Waals surface area (Å²) in [5, 5.41) is 8.02. The number of para-hydroxylation sites is 1. The number of methoxy groups -OCH3 is 2. The van der Waals surface area contributed by atoms with Gasteiger partial charge in [-0.3, -0.25) is 9.52 Å². The predicted octanol–water partition coefficient (Wildman–Crippen LogP) is 4.13. The number of nitrogens with one attached hydrogen (secondary N) is 1. The molecule has 1 atom stereocenters. The lowest BCUT2D eigenvalue weighted by Gasteiger charge is -2.24. The molecule has 1 aliphatic rings. The van der Waals surface area contributed by atoms with Gasteiger partial charge in [0.1, 0.15) is 0 Å². The maximum absolute atomic E-state index is 13.3. The van der Waals surface area contributed by atoms with E-state index in [1.54, 1.807) is 50.6 Å². The first kappa shape index (κ1) is 22.8. The maximum atomic E-state index is 13.3. The second kappa shape index (κ2) is 9.24. The second-order valence-corrected chi connectivity index (χ2v) is 10.1. The fraction of sp³-hybridized carbons (Fsp3) is 0.217. The van der Waals surface area contributed by atoms with Gasteiger partial charge in [0.15, 0.2) is 11.5 Å². The number of hydrazone groups is 1. The lowest BCUT2D eigenvalue weighted by molar-refractivity contribution is 0.0714. The number of rotatable bonds is 7. The summed E-state index contributed by atoms with van der Waals surface area (Å²) in [6.45, 7) is 0. The average molecular weight is 486 g/mol. The molecule has 33 heavy (non-hydrogen) atoms. The molecule has 0 fully saturated rings. The number of thiophene rings is 1. The highest BCUT2D eigenvalue weighted by molar-refractivity contribution is 7.92. The zero-order valence-electron chi connectivity index (χ0n) is 18.3. The van der Waals surface area contributed by atoms with Crippen LogP contribution in [0.1, 0.15) is 33.3 Å². The molecule has 2 aromatic carbocycles. The topological polar surface area (TPSA) is 97.3 Å². The van der Waals surface area contributed by atoms with Crippen molar-refractivity contribution in [2.45, 2.75) is 12.5 Å². The van der Waals surface area contributed by atoms with Crippen LogP contribution in [0.2, 0.25) is 0 Å². The predicted molar refractivity (Wildman–Crippen MR) is 129 cm³/mol. The first-order valence-corrected chi connectivity index (χ1v) is 12.8. The Bertz CT molecular complexity index is 1290. The van der Waals surface area contributed by atoms with Crippen LogP contribution >= 0.6 is 11.3 Å². The van der Waals surface area contributed by atoms with E-state index in [2.05, 4.69) is 9.82 Å². The Labute approximate surface area is 196 Å². The van der Waals surface area contributed by atoms with E-state index in [-0.39, 0.29) is 5.91 Å². The first-order valence-electron chi connectivity index (χ1n) is 10.0. The number of nitrogens with zero attached hydrogens (tertiary/aromatic N) is 2. The SMILES string of the molecule is COc1cccc([C@@H]2CC(c3ccc(NS(C)(=O)=O)cc3)=NN2C(=O)c2cccs2)c1OC. The Morgan fingerprint density at radius 3 is 2.45 bits per heavy atom. The number of carbonyl (C=O) groups is 1. The van der Waals surface area contributed by atoms with Crippen molar-refractivity contribution in [3.63, 3.8) is 0 Å². The normalized spacial score (nSPS) is 15.8. The molecule has 0 spiro atoms. The van der Waals surface area contributed by atoms with Gasteiger partial charge in [0, 0.05) is 17.7 Å². The summed E-state index contributed by atoms with van der Waals surface area (Å²) in [5.74, 6) is 0.923. The molecule has 0 aliphatic carbocycles. The Morgan fingerprint density at radius 2 is 1.85 bits per heavy atom. The largest absolute Gasteiger partial charge is 0.493 e. The molecule has 0 radical (unpaired) electrons. The number of amides is 1. The van der Waals surface area contributed by atoms with Crippen molar-refractivity contribution in [2.75, 3.05) is 25.2 Å². The van der Waals surface area contributed by atoms with Crippen LogP contribution in [0, 0.1) is 0 Å². The summed E-state index contributed by atoms with van der Waals surface area (Å²) in [6.07, 6.45) is 1.56. The van der Waals surface area contributed by atoms with Crippen molar-refractivity contribution in [1.82, 2.24) is 5.01 Å². The van der Waals surface area contributed by atoms with E-state index >= 15 is 0 Å². The number of ether oxygens (including phenoxy) is 2. The van der Waals surface area contributed by atoms with Crippen molar-refractivity contribution >= 4 is 38.7 Å². The van der Waals surface area contributed by atoms with Gasteiger partial charge < -0.3 is 9.47 Å². The fourth-order valence-corrected chi connectivity index (χ4v) is 4.97. The number of hydrogen-bond acceptors (Lipinski definition) is 7. The molecule has 8 nitrogen and oxygen atoms in total. The molecule has 4 rings (SSSR count). The Morgan fingerprint density at radius 1 is 1.09 bits per heavy atom. The third-order valence-corrected chi connectivity index (χ3v) is 6.63. The minimum atomic E-state index is -3.37. The average Bonchev–Trinajstić information content (AvgIpc) is 3.48. The van der Waals surface area contributed by atoms with Crippen molar-refractivity contribution < 1.29 is 22.7 Å². The number of benzene rings is 2. The Hall–Kier alpha value is -3.37. The van der Waals surface area contributed by atoms with Crippen molar-refractivity contribution in [2.24, 2.45) is 5.10 Å². The van der Waals surface area contributed by atoms with Crippen LogP contribution in [0.4, 0.5) is 5.69 Å². The molecular weight excluding hydrogens is 462 g/mol. The summed E-state index contributed by atoms with van der Waals surface area (Å²) in [6, 6.07) is 15.7. The van der Waals surface area contributed by atoms with Crippen molar-refractivity contribution in [3.05, 3.63) is 76.0 Å². The van der Waals surface area contributed by atoms with E-state index in [1.165, 1.54) is 16.3 Å². The Kier molecular flexibility index (Phi) is 6.39. The molecule has 0 unspecified atom stereocenters. The zero-order valence-corrected chi connectivity index (χ0v) is 19.9. The van der Waals surface area contributed by atoms with Crippen LogP contribution in [-0.2, 0) is 10.0 Å². The molecule has 10 heteroatoms. The van der Waals surface area contributed by atoms with Gasteiger partial charge in [-0.2, -0.15) is 5.10 Å². The van der Waals surface area contributed by atoms with Gasteiger partial charge in [-0.1, -0.05) is 30.3 Å². The molecule has 0 bridgehead atoms. The standard InChI is InChI=1S/C23H23N3O5S2/c1-30-20-7-4-6-17(22(20)31-2)19-14-18(24-26(19)23(27)21-8-5-13-32-21)15-9-11-16(12-10-15)25-33(3,28)29/h4-13,19,25H,14H2,1-3H3/t19-/m0/s1. The molecule has 2 heterocycles. The number of hydrogen-bond donors (Lipinski definition) is 1. The van der Waals surface area contributed by atoms with E-state index in [4.69, 9.17) is 9.47 Å². The molecule has 0 saturated carbocycles. The molecule has 1 aliphatic heterocycles. The van der Waals surface area contributed by atoms with Crippen LogP contribution in [0.5, 0.6) is 11.5 Å². The summed E-state index contributed by atoms with van der Waals surface area (Å²) in [5.41, 5.74) is 2.75. The fourth-order valence-electron chi connectivity index (χ4n) is 3.75. The van der Waals surface area contributed by atoms with E-state index in [1.807, 2.05) is 23.6 Å². The van der Waals surface area contributed by atoms with Gasteiger partial charge in [0.2, 0.25) is 10.0 Å². The lowest BCUT2D eigenvalue weighted by atomic mass is 9.97. The van der Waals surface area contributed by atoms with E-state index in [9.17, 15) is 13.2 Å². The molecule has 1 N–H and O–H groups in total. The summed E-state index contributed by atoms with van der Waals surface area (Å²) < 4.78 is 36.5. The second-order valence-electron chi connectivity index (χ2n) is 7.43. The van der Waals surface area contributed by atoms with Gasteiger partial charge in [-0.15, -0.1) is 11.3 Å². The van der Waals surface area contributed by atoms with Crippen molar-refractivity contribution in [3.8, 4) is 11.5 Å². The van der Waals surface area contributed by atoms with Crippen LogP contribution in [0.3, 0.4) is 0 Å². The minimum Gasteiger partial charge on any atom is -0.493 e. The number of carbonyl (C=O) groups excluding carboxylic acids is 1. The molecule has 1 aromatic heterocycles. The third-order valence-electron chi connectivity index (χ3n) is 5.16. The van der Waals surface area contributed by atoms with Crippen LogP contribution < -0.4 is 14.2 Å². The van der Waals surface area contributed by atoms with Crippen molar-refractivity contribution in [1.29, 1.82) is 0 Å². The molecule has 172 valence electrons. The highest BCUT2D eigenvalue weighted by atomic mass is 32.2. The molecule has 3 aromatic rings. The van der Waals surface area contributed by atoms with E-state index in [0.717, 1.165) is 17.4 Å². The van der Waals surface area contributed by atoms with Crippen LogP contribution in [-0.4, -0.2) is 45.5 Å². The third kappa shape index (κ3) is 4.86. The zero-order chi connectivity index (χ0) is 23.6. The van der Waals surface area contributed by atoms with Gasteiger partial charge in [-0.25, -0.2) is 13.4 Å². The molecular formula is C23H23N3O5S2. The van der Waals surface area contributed by atoms with Gasteiger partial charge >= 0.3 is 0 Å². The molecule has 1 amide bonds. The monoisotopic (exact) mass is 485 g/mol. The molecule has 0 saturated heterocycles. The summed E-state index contributed by atoms with van der Waals surface area (Å²) in [4.78, 5) is 13.9. The first-order chi connectivity index (χ1) is 15.8. The quantitative estimate of drug-likeness (QED) is 0.543. The van der Waals surface area contributed by atoms with Crippen LogP contribution in [0.25, 0.3) is 0 Å². The highest BCUT2D eigenvalue weighted by Gasteiger charge is 2.36. The van der Waals surface area contributed by atoms with Gasteiger partial charge in [-0.05, 0) is 35.2 Å². The van der Waals surface area contributed by atoms with Gasteiger partial charge in [0.05, 0.1) is 37.1 Å². The lowest BCUT2D eigenvalue weighted by Crippen LogP contribution is -2.26. The number of sulfonamides is 1.